The Labute approximate surface area is 163 Å². The molecule has 1 aromatic carbocycles. The lowest BCUT2D eigenvalue weighted by Gasteiger charge is -2.15. The molecule has 0 radical (unpaired) electrons. The minimum Gasteiger partial charge on any atom is -0.454 e. The first-order valence-corrected chi connectivity index (χ1v) is 9.31. The smallest absolute Gasteiger partial charge is 0.326 e. The van der Waals surface area contributed by atoms with Gasteiger partial charge in [-0.3, -0.25) is 24.1 Å². The highest BCUT2D eigenvalue weighted by Crippen LogP contribution is 2.34. The summed E-state index contributed by atoms with van der Waals surface area (Å²) in [7, 11) is 0. The van der Waals surface area contributed by atoms with Gasteiger partial charge >= 0.3 is 5.97 Å². The van der Waals surface area contributed by atoms with Crippen LogP contribution in [-0.2, 0) is 23.9 Å². The summed E-state index contributed by atoms with van der Waals surface area (Å²) in [6, 6.07) is 3.90. The van der Waals surface area contributed by atoms with Crippen molar-refractivity contribution >= 4 is 29.4 Å². The Kier molecular flexibility index (Phi) is 5.63. The van der Waals surface area contributed by atoms with Gasteiger partial charge in [0.1, 0.15) is 6.54 Å². The molecule has 7 nitrogen and oxygen atoms in total. The second-order valence-electron chi connectivity index (χ2n) is 7.40. The maximum absolute atomic E-state index is 12.4. The minimum atomic E-state index is -0.777. The molecular weight excluding hydrogens is 360 g/mol. The molecule has 0 bridgehead atoms. The molecule has 1 heterocycles. The van der Waals surface area contributed by atoms with Crippen LogP contribution >= 0.6 is 0 Å². The summed E-state index contributed by atoms with van der Waals surface area (Å²) in [6.45, 7) is 4.82. The summed E-state index contributed by atoms with van der Waals surface area (Å²) in [4.78, 5) is 49.9. The highest BCUT2D eigenvalue weighted by Gasteiger charge is 2.47. The Hall–Kier alpha value is -2.96. The minimum absolute atomic E-state index is 0.341. The third kappa shape index (κ3) is 3.98. The Bertz CT molecular complexity index is 825. The number of hydrogen-bond donors (Lipinski definition) is 1. The number of likely N-dealkylation sites (tertiary alicyclic amines) is 1. The van der Waals surface area contributed by atoms with E-state index in [1.54, 1.807) is 0 Å². The van der Waals surface area contributed by atoms with Crippen LogP contribution < -0.4 is 5.32 Å². The molecule has 1 saturated heterocycles. The first kappa shape index (κ1) is 19.8. The third-order valence-corrected chi connectivity index (χ3v) is 5.19. The molecule has 1 aromatic rings. The van der Waals surface area contributed by atoms with E-state index in [-0.39, 0.29) is 23.7 Å². The predicted octanol–water partition coefficient (Wildman–Crippen LogP) is 2.04. The summed E-state index contributed by atoms with van der Waals surface area (Å²) < 4.78 is 4.98. The van der Waals surface area contributed by atoms with Gasteiger partial charge in [0.2, 0.25) is 11.8 Å². The van der Waals surface area contributed by atoms with Crippen molar-refractivity contribution in [3.8, 4) is 0 Å². The standard InChI is InChI=1S/C21H24N2O5/c1-12-8-13(2)19(14(3)9-12)22-17(24)11-28-18(25)10-23-20(26)15-6-4-5-7-16(15)21(23)27/h4-5,8-9,15-16H,6-7,10-11H2,1-3H3,(H,22,24). The first-order chi connectivity index (χ1) is 13.3. The molecule has 28 heavy (non-hydrogen) atoms. The van der Waals surface area contributed by atoms with Crippen molar-refractivity contribution in [2.45, 2.75) is 33.6 Å². The van der Waals surface area contributed by atoms with Crippen molar-refractivity contribution in [2.75, 3.05) is 18.5 Å². The fourth-order valence-electron chi connectivity index (χ4n) is 3.90. The van der Waals surface area contributed by atoms with Gasteiger partial charge in [0, 0.05) is 5.69 Å². The summed E-state index contributed by atoms with van der Waals surface area (Å²) in [5.41, 5.74) is 3.62. The Morgan fingerprint density at radius 1 is 1.04 bits per heavy atom. The van der Waals surface area contributed by atoms with Crippen LogP contribution in [0.1, 0.15) is 29.5 Å². The lowest BCUT2D eigenvalue weighted by molar-refractivity contribution is -0.154. The molecule has 0 spiro atoms. The average molecular weight is 384 g/mol. The molecule has 7 heteroatoms. The molecule has 0 aromatic heterocycles. The molecule has 1 aliphatic carbocycles. The molecule has 2 aliphatic rings. The van der Waals surface area contributed by atoms with E-state index >= 15 is 0 Å². The number of carbonyl (C=O) groups excluding carboxylic acids is 4. The van der Waals surface area contributed by atoms with Crippen LogP contribution in [0.25, 0.3) is 0 Å². The van der Waals surface area contributed by atoms with Crippen LogP contribution in [0, 0.1) is 32.6 Å². The number of allylic oxidation sites excluding steroid dienone is 2. The van der Waals surface area contributed by atoms with Gasteiger partial charge in [0.15, 0.2) is 6.61 Å². The summed E-state index contributed by atoms with van der Waals surface area (Å²) in [6.07, 6.45) is 4.79. The Balaban J connectivity index is 1.53. The number of amides is 3. The number of nitrogens with one attached hydrogen (secondary N) is 1. The Morgan fingerprint density at radius 3 is 2.11 bits per heavy atom. The van der Waals surface area contributed by atoms with Crippen molar-refractivity contribution < 1.29 is 23.9 Å². The van der Waals surface area contributed by atoms with E-state index in [1.807, 2.05) is 45.1 Å². The highest BCUT2D eigenvalue weighted by molar-refractivity contribution is 6.07. The first-order valence-electron chi connectivity index (χ1n) is 9.31. The van der Waals surface area contributed by atoms with E-state index < -0.39 is 25.0 Å². The van der Waals surface area contributed by atoms with Crippen molar-refractivity contribution in [3.05, 3.63) is 41.0 Å². The fraction of sp³-hybridized carbons (Fsp3) is 0.429. The number of hydrogen-bond acceptors (Lipinski definition) is 5. The molecule has 1 aliphatic heterocycles. The van der Waals surface area contributed by atoms with Crippen molar-refractivity contribution in [1.29, 1.82) is 0 Å². The molecule has 0 saturated carbocycles. The van der Waals surface area contributed by atoms with Crippen LogP contribution in [0.4, 0.5) is 5.69 Å². The van der Waals surface area contributed by atoms with E-state index in [0.717, 1.165) is 21.6 Å². The lowest BCUT2D eigenvalue weighted by Crippen LogP contribution is -2.37. The monoisotopic (exact) mass is 384 g/mol. The number of aryl methyl sites for hydroxylation is 3. The number of esters is 1. The van der Waals surface area contributed by atoms with Crippen LogP contribution in [0.15, 0.2) is 24.3 Å². The molecule has 3 rings (SSSR count). The van der Waals surface area contributed by atoms with E-state index in [9.17, 15) is 19.2 Å². The molecule has 2 atom stereocenters. The molecule has 2 unspecified atom stereocenters. The van der Waals surface area contributed by atoms with Gasteiger partial charge in [-0.1, -0.05) is 29.8 Å². The largest absolute Gasteiger partial charge is 0.454 e. The van der Waals surface area contributed by atoms with Crippen molar-refractivity contribution in [3.63, 3.8) is 0 Å². The molecule has 3 amide bonds. The zero-order chi connectivity index (χ0) is 20.4. The van der Waals surface area contributed by atoms with Gasteiger partial charge in [0.25, 0.3) is 5.91 Å². The Morgan fingerprint density at radius 2 is 1.57 bits per heavy atom. The summed E-state index contributed by atoms with van der Waals surface area (Å²) in [5, 5.41) is 2.74. The fourth-order valence-corrected chi connectivity index (χ4v) is 3.90. The second kappa shape index (κ2) is 7.96. The molecular formula is C21H24N2O5. The number of carbonyl (C=O) groups is 4. The zero-order valence-electron chi connectivity index (χ0n) is 16.3. The van der Waals surface area contributed by atoms with Gasteiger partial charge in [-0.2, -0.15) is 0 Å². The maximum Gasteiger partial charge on any atom is 0.326 e. The second-order valence-corrected chi connectivity index (χ2v) is 7.40. The maximum atomic E-state index is 12.4. The van der Waals surface area contributed by atoms with Crippen LogP contribution in [-0.4, -0.2) is 41.7 Å². The van der Waals surface area contributed by atoms with Gasteiger partial charge in [-0.05, 0) is 44.7 Å². The molecule has 1 N–H and O–H groups in total. The normalized spacial score (nSPS) is 20.9. The number of anilines is 1. The third-order valence-electron chi connectivity index (χ3n) is 5.19. The lowest BCUT2D eigenvalue weighted by atomic mass is 9.85. The number of fused-ring (bicyclic) bond motifs is 1. The van der Waals surface area contributed by atoms with Crippen molar-refractivity contribution in [2.24, 2.45) is 11.8 Å². The van der Waals surface area contributed by atoms with Gasteiger partial charge < -0.3 is 10.1 Å². The SMILES string of the molecule is Cc1cc(C)c(NC(=O)COC(=O)CN2C(=O)C3CC=CCC3C2=O)c(C)c1. The number of nitrogens with zero attached hydrogens (tertiary/aromatic N) is 1. The number of benzene rings is 1. The van der Waals surface area contributed by atoms with Gasteiger partial charge in [-0.25, -0.2) is 0 Å². The highest BCUT2D eigenvalue weighted by atomic mass is 16.5. The average Bonchev–Trinajstić information content (AvgIpc) is 2.88. The number of rotatable bonds is 5. The molecule has 148 valence electrons. The quantitative estimate of drug-likeness (QED) is 0.476. The van der Waals surface area contributed by atoms with Gasteiger partial charge in [-0.15, -0.1) is 0 Å². The summed E-state index contributed by atoms with van der Waals surface area (Å²) in [5.74, 6) is -2.71. The van der Waals surface area contributed by atoms with E-state index in [1.165, 1.54) is 0 Å². The van der Waals surface area contributed by atoms with E-state index in [2.05, 4.69) is 5.32 Å². The van der Waals surface area contributed by atoms with Crippen LogP contribution in [0.3, 0.4) is 0 Å². The van der Waals surface area contributed by atoms with Crippen molar-refractivity contribution in [1.82, 2.24) is 4.90 Å². The summed E-state index contributed by atoms with van der Waals surface area (Å²) >= 11 is 0. The van der Waals surface area contributed by atoms with Crippen LogP contribution in [0.5, 0.6) is 0 Å². The number of ether oxygens (including phenoxy) is 1. The van der Waals surface area contributed by atoms with E-state index in [0.29, 0.717) is 18.5 Å². The van der Waals surface area contributed by atoms with E-state index in [4.69, 9.17) is 4.74 Å². The zero-order valence-corrected chi connectivity index (χ0v) is 16.3. The number of imide groups is 1. The molecule has 1 fully saturated rings. The van der Waals surface area contributed by atoms with Crippen LogP contribution in [0.2, 0.25) is 0 Å². The van der Waals surface area contributed by atoms with Gasteiger partial charge in [0.05, 0.1) is 11.8 Å². The predicted molar refractivity (Wildman–Crippen MR) is 102 cm³/mol. The topological polar surface area (TPSA) is 92.8 Å².